The van der Waals surface area contributed by atoms with Crippen LogP contribution < -0.4 is 5.32 Å². The minimum atomic E-state index is 0.0535. The average Bonchev–Trinajstić information content (AvgIpc) is 2.25. The molecule has 0 radical (unpaired) electrons. The number of nitrogens with one attached hydrogen (secondary N) is 1. The van der Waals surface area contributed by atoms with Gasteiger partial charge in [-0.05, 0) is 22.0 Å². The molecule has 0 saturated carbocycles. The summed E-state index contributed by atoms with van der Waals surface area (Å²) in [4.78, 5) is 8.44. The second-order valence-corrected chi connectivity index (χ2v) is 4.47. The molecule has 0 bridgehead atoms. The maximum absolute atomic E-state index is 8.77. The molecule has 0 unspecified atom stereocenters. The van der Waals surface area contributed by atoms with E-state index in [9.17, 15) is 0 Å². The molecule has 0 aromatic carbocycles. The summed E-state index contributed by atoms with van der Waals surface area (Å²) in [7, 11) is 0. The van der Waals surface area contributed by atoms with Crippen LogP contribution in [-0.4, -0.2) is 28.2 Å². The van der Waals surface area contributed by atoms with Crippen LogP contribution in [0.1, 0.15) is 0 Å². The van der Waals surface area contributed by atoms with Crippen LogP contribution in [-0.2, 0) is 0 Å². The lowest BCUT2D eigenvalue weighted by Gasteiger charge is -2.08. The van der Waals surface area contributed by atoms with E-state index in [1.807, 2.05) is 6.07 Å². The molecule has 84 valence electrons. The molecule has 0 spiro atoms. The van der Waals surface area contributed by atoms with E-state index in [0.717, 1.165) is 15.7 Å². The first-order chi connectivity index (χ1) is 7.70. The monoisotopic (exact) mass is 301 g/mol. The summed E-state index contributed by atoms with van der Waals surface area (Å²) in [5.74, 6) is 0. The Morgan fingerprint density at radius 1 is 1.44 bits per heavy atom. The van der Waals surface area contributed by atoms with E-state index in [-0.39, 0.29) is 6.61 Å². The highest BCUT2D eigenvalue weighted by Crippen LogP contribution is 2.25. The van der Waals surface area contributed by atoms with Crippen LogP contribution in [0.5, 0.6) is 0 Å². The van der Waals surface area contributed by atoms with Crippen molar-refractivity contribution < 1.29 is 5.11 Å². The van der Waals surface area contributed by atoms with Gasteiger partial charge < -0.3 is 10.4 Å². The summed E-state index contributed by atoms with van der Waals surface area (Å²) in [6.07, 6.45) is 1.70. The van der Waals surface area contributed by atoms with E-state index < -0.39 is 0 Å². The van der Waals surface area contributed by atoms with Crippen molar-refractivity contribution in [3.8, 4) is 0 Å². The van der Waals surface area contributed by atoms with Crippen molar-refractivity contribution in [2.75, 3.05) is 18.5 Å². The third-order valence-corrected chi connectivity index (χ3v) is 2.63. The Bertz CT molecular complexity index is 515. The Morgan fingerprint density at radius 3 is 3.00 bits per heavy atom. The van der Waals surface area contributed by atoms with Crippen LogP contribution in [0.3, 0.4) is 0 Å². The van der Waals surface area contributed by atoms with E-state index in [4.69, 9.17) is 16.7 Å². The molecule has 2 aromatic heterocycles. The number of aliphatic hydroxyl groups excluding tert-OH is 1. The maximum Gasteiger partial charge on any atom is 0.131 e. The van der Waals surface area contributed by atoms with Crippen molar-refractivity contribution in [2.24, 2.45) is 0 Å². The molecule has 0 aliphatic heterocycles. The minimum Gasteiger partial charge on any atom is -0.395 e. The first-order valence-electron chi connectivity index (χ1n) is 4.67. The Morgan fingerprint density at radius 2 is 2.25 bits per heavy atom. The molecule has 0 aliphatic rings. The quantitative estimate of drug-likeness (QED) is 0.855. The predicted octanol–water partition coefficient (Wildman–Crippen LogP) is 2.45. The Hall–Kier alpha value is -0.910. The third kappa shape index (κ3) is 2.42. The Kier molecular flexibility index (Phi) is 3.58. The summed E-state index contributed by atoms with van der Waals surface area (Å²) in [6, 6.07) is 3.54. The number of anilines is 1. The van der Waals surface area contributed by atoms with Crippen LogP contribution in [0.4, 0.5) is 5.69 Å². The van der Waals surface area contributed by atoms with Gasteiger partial charge in [-0.15, -0.1) is 0 Å². The lowest BCUT2D eigenvalue weighted by Crippen LogP contribution is -2.06. The van der Waals surface area contributed by atoms with Gasteiger partial charge in [0, 0.05) is 23.3 Å². The number of aliphatic hydroxyl groups is 1. The van der Waals surface area contributed by atoms with Gasteiger partial charge in [-0.1, -0.05) is 11.6 Å². The van der Waals surface area contributed by atoms with Gasteiger partial charge in [0.2, 0.25) is 0 Å². The second-order valence-electron chi connectivity index (χ2n) is 3.16. The Balaban J connectivity index is 2.54. The van der Waals surface area contributed by atoms with E-state index in [1.54, 1.807) is 12.3 Å². The molecule has 2 heterocycles. The van der Waals surface area contributed by atoms with E-state index >= 15 is 0 Å². The molecular weight excluding hydrogens is 293 g/mol. The number of nitrogens with zero attached hydrogens (tertiary/aromatic N) is 2. The number of fused-ring (bicyclic) bond motifs is 1. The molecule has 0 saturated heterocycles. The summed E-state index contributed by atoms with van der Waals surface area (Å²) >= 11 is 9.23. The fourth-order valence-corrected chi connectivity index (χ4v) is 1.90. The van der Waals surface area contributed by atoms with Crippen molar-refractivity contribution in [1.29, 1.82) is 0 Å². The standard InChI is InChI=1S/C10H9BrClN3O/c11-6-3-8-10(14-5-6)7(13-1-2-16)4-9(12)15-8/h3-5,16H,1-2H2,(H,13,15). The summed E-state index contributed by atoms with van der Waals surface area (Å²) < 4.78 is 0.850. The van der Waals surface area contributed by atoms with Crippen LogP contribution in [0.2, 0.25) is 5.15 Å². The maximum atomic E-state index is 8.77. The average molecular weight is 303 g/mol. The molecular formula is C10H9BrClN3O. The normalized spacial score (nSPS) is 10.7. The van der Waals surface area contributed by atoms with E-state index in [0.29, 0.717) is 17.2 Å². The molecule has 0 atom stereocenters. The second kappa shape index (κ2) is 4.95. The number of hydrogen-bond acceptors (Lipinski definition) is 4. The van der Waals surface area contributed by atoms with Crippen LogP contribution in [0.15, 0.2) is 22.8 Å². The SMILES string of the molecule is OCCNc1cc(Cl)nc2cc(Br)cnc12. The molecule has 2 N–H and O–H groups in total. The zero-order valence-electron chi connectivity index (χ0n) is 8.24. The van der Waals surface area contributed by atoms with Crippen LogP contribution >= 0.6 is 27.5 Å². The van der Waals surface area contributed by atoms with Gasteiger partial charge in [0.15, 0.2) is 0 Å². The van der Waals surface area contributed by atoms with Gasteiger partial charge in [0.1, 0.15) is 10.7 Å². The number of aromatic nitrogens is 2. The third-order valence-electron chi connectivity index (χ3n) is 2.01. The van der Waals surface area contributed by atoms with Gasteiger partial charge in [0.25, 0.3) is 0 Å². The van der Waals surface area contributed by atoms with Crippen molar-refractivity contribution >= 4 is 44.3 Å². The van der Waals surface area contributed by atoms with Crippen molar-refractivity contribution in [2.45, 2.75) is 0 Å². The number of hydrogen-bond donors (Lipinski definition) is 2. The van der Waals surface area contributed by atoms with Crippen LogP contribution in [0.25, 0.3) is 11.0 Å². The van der Waals surface area contributed by atoms with Gasteiger partial charge in [-0.2, -0.15) is 0 Å². The van der Waals surface area contributed by atoms with Crippen LogP contribution in [0, 0.1) is 0 Å². The zero-order valence-corrected chi connectivity index (χ0v) is 10.6. The highest BCUT2D eigenvalue weighted by molar-refractivity contribution is 9.10. The van der Waals surface area contributed by atoms with Gasteiger partial charge in [0.05, 0.1) is 17.8 Å². The number of halogens is 2. The van der Waals surface area contributed by atoms with E-state index in [2.05, 4.69) is 31.2 Å². The van der Waals surface area contributed by atoms with Gasteiger partial charge >= 0.3 is 0 Å². The van der Waals surface area contributed by atoms with E-state index in [1.165, 1.54) is 0 Å². The molecule has 2 rings (SSSR count). The Labute approximate surface area is 106 Å². The smallest absolute Gasteiger partial charge is 0.131 e. The number of pyridine rings is 2. The predicted molar refractivity (Wildman–Crippen MR) is 67.8 cm³/mol. The topological polar surface area (TPSA) is 58.0 Å². The molecule has 0 aliphatic carbocycles. The number of rotatable bonds is 3. The summed E-state index contributed by atoms with van der Waals surface area (Å²) in [5, 5.41) is 12.2. The lowest BCUT2D eigenvalue weighted by molar-refractivity contribution is 0.311. The fourth-order valence-electron chi connectivity index (χ4n) is 1.38. The molecule has 6 heteroatoms. The highest BCUT2D eigenvalue weighted by atomic mass is 79.9. The van der Waals surface area contributed by atoms with Crippen molar-refractivity contribution in [1.82, 2.24) is 9.97 Å². The molecule has 4 nitrogen and oxygen atoms in total. The first kappa shape index (κ1) is 11.6. The van der Waals surface area contributed by atoms with Gasteiger partial charge in [-0.25, -0.2) is 4.98 Å². The lowest BCUT2D eigenvalue weighted by atomic mass is 10.3. The molecule has 0 amide bonds. The summed E-state index contributed by atoms with van der Waals surface area (Å²) in [6.45, 7) is 0.505. The van der Waals surface area contributed by atoms with Crippen molar-refractivity contribution in [3.05, 3.63) is 28.0 Å². The molecule has 16 heavy (non-hydrogen) atoms. The summed E-state index contributed by atoms with van der Waals surface area (Å²) in [5.41, 5.74) is 2.22. The molecule has 0 fully saturated rings. The largest absolute Gasteiger partial charge is 0.395 e. The first-order valence-corrected chi connectivity index (χ1v) is 5.84. The van der Waals surface area contributed by atoms with Gasteiger partial charge in [-0.3, -0.25) is 4.98 Å². The fraction of sp³-hybridized carbons (Fsp3) is 0.200. The molecule has 2 aromatic rings. The van der Waals surface area contributed by atoms with Crippen molar-refractivity contribution in [3.63, 3.8) is 0 Å². The minimum absolute atomic E-state index is 0.0535. The highest BCUT2D eigenvalue weighted by Gasteiger charge is 2.06. The zero-order chi connectivity index (χ0) is 11.5.